The van der Waals surface area contributed by atoms with E-state index in [1.165, 1.54) is 17.8 Å². The molecule has 0 aliphatic carbocycles. The molecule has 1 aromatic heterocycles. The maximum absolute atomic E-state index is 12.1. The topological polar surface area (TPSA) is 66.5 Å². The second-order valence-electron chi connectivity index (χ2n) is 8.51. The summed E-state index contributed by atoms with van der Waals surface area (Å²) in [6.45, 7) is 11.6. The van der Waals surface area contributed by atoms with E-state index in [9.17, 15) is 14.4 Å². The Bertz CT molecular complexity index is 675. The molecule has 3 atom stereocenters. The van der Waals surface area contributed by atoms with Crippen LogP contribution < -0.4 is 5.32 Å². The lowest BCUT2D eigenvalue weighted by atomic mass is 9.92. The number of aryl methyl sites for hydroxylation is 1. The molecule has 2 rings (SSSR count). The van der Waals surface area contributed by atoms with Crippen LogP contribution in [0.3, 0.4) is 0 Å². The second kappa shape index (κ2) is 10.9. The molecule has 3 unspecified atom stereocenters. The van der Waals surface area contributed by atoms with Gasteiger partial charge in [0, 0.05) is 56.2 Å². The number of likely N-dealkylation sites (tertiary alicyclic amines) is 1. The van der Waals surface area contributed by atoms with Gasteiger partial charge >= 0.3 is 0 Å². The van der Waals surface area contributed by atoms with Crippen LogP contribution in [0.5, 0.6) is 0 Å². The van der Waals surface area contributed by atoms with Crippen LogP contribution in [-0.4, -0.2) is 48.0 Å². The molecule has 5 nitrogen and oxygen atoms in total. The number of carbonyl (C=O) groups excluding carboxylic acids is 3. The summed E-state index contributed by atoms with van der Waals surface area (Å²) in [4.78, 5) is 40.4. The Morgan fingerprint density at radius 1 is 1.11 bits per heavy atom. The summed E-state index contributed by atoms with van der Waals surface area (Å²) in [5.74, 6) is 1.30. The van der Waals surface area contributed by atoms with Gasteiger partial charge in [0.25, 0.3) is 0 Å². The van der Waals surface area contributed by atoms with Crippen LogP contribution in [0, 0.1) is 18.8 Å². The maximum atomic E-state index is 12.1. The summed E-state index contributed by atoms with van der Waals surface area (Å²) in [5.41, 5.74) is 0. The summed E-state index contributed by atoms with van der Waals surface area (Å²) in [6, 6.07) is 3.80. The van der Waals surface area contributed by atoms with E-state index >= 15 is 0 Å². The molecule has 1 aromatic rings. The molecule has 1 N–H and O–H groups in total. The molecular formula is C22H34N2O3S. The number of hydrogen-bond donors (Lipinski definition) is 1. The molecule has 1 aliphatic rings. The molecule has 2 heterocycles. The van der Waals surface area contributed by atoms with Crippen molar-refractivity contribution in [1.82, 2.24) is 10.2 Å². The van der Waals surface area contributed by atoms with Crippen molar-refractivity contribution in [3.8, 4) is 0 Å². The highest BCUT2D eigenvalue weighted by molar-refractivity contribution is 7.14. The second-order valence-corrected chi connectivity index (χ2v) is 9.79. The van der Waals surface area contributed by atoms with Gasteiger partial charge in [-0.3, -0.25) is 14.4 Å². The summed E-state index contributed by atoms with van der Waals surface area (Å²) in [6.07, 6.45) is 2.10. The molecule has 1 aliphatic heterocycles. The van der Waals surface area contributed by atoms with Crippen molar-refractivity contribution >= 4 is 28.8 Å². The molecule has 1 amide bonds. The molecule has 0 spiro atoms. The summed E-state index contributed by atoms with van der Waals surface area (Å²) < 4.78 is 0. The fraction of sp³-hybridized carbons (Fsp3) is 0.682. The van der Waals surface area contributed by atoms with Crippen molar-refractivity contribution in [1.29, 1.82) is 0 Å². The number of Topliss-reactive ketones (excluding diaryl/α,β-unsaturated/α-hetero) is 2. The van der Waals surface area contributed by atoms with Gasteiger partial charge in [-0.05, 0) is 44.2 Å². The minimum absolute atomic E-state index is 0.00881. The van der Waals surface area contributed by atoms with E-state index in [1.807, 2.05) is 26.0 Å². The zero-order valence-electron chi connectivity index (χ0n) is 17.6. The van der Waals surface area contributed by atoms with Gasteiger partial charge in [0.2, 0.25) is 5.91 Å². The highest BCUT2D eigenvalue weighted by Crippen LogP contribution is 2.21. The molecule has 1 saturated heterocycles. The molecule has 0 aromatic carbocycles. The number of hydrogen-bond acceptors (Lipinski definition) is 5. The number of piperidine rings is 1. The maximum Gasteiger partial charge on any atom is 0.220 e. The first-order valence-electron chi connectivity index (χ1n) is 10.4. The molecular weight excluding hydrogens is 372 g/mol. The minimum atomic E-state index is -0.0841. The van der Waals surface area contributed by atoms with Gasteiger partial charge in [0.05, 0.1) is 4.88 Å². The lowest BCUT2D eigenvalue weighted by Gasteiger charge is -2.36. The summed E-state index contributed by atoms with van der Waals surface area (Å²) in [5, 5.41) is 3.01. The normalized spacial score (nSPS) is 21.3. The van der Waals surface area contributed by atoms with Gasteiger partial charge in [-0.25, -0.2) is 0 Å². The van der Waals surface area contributed by atoms with E-state index in [2.05, 4.69) is 24.1 Å². The smallest absolute Gasteiger partial charge is 0.220 e. The fourth-order valence-corrected chi connectivity index (χ4v) is 4.89. The quantitative estimate of drug-likeness (QED) is 0.599. The van der Waals surface area contributed by atoms with Crippen molar-refractivity contribution < 1.29 is 14.4 Å². The SMILES string of the molecule is Cc1ccc(C(=O)CCC(=O)CCC(=O)NC(C)CN2CC(C)CC(C)C2)s1. The lowest BCUT2D eigenvalue weighted by Crippen LogP contribution is -2.47. The average Bonchev–Trinajstić information content (AvgIpc) is 3.03. The van der Waals surface area contributed by atoms with Crippen LogP contribution in [0.4, 0.5) is 0 Å². The Labute approximate surface area is 172 Å². The Balaban J connectivity index is 1.63. The summed E-state index contributed by atoms with van der Waals surface area (Å²) >= 11 is 1.46. The number of amides is 1. The first-order valence-corrected chi connectivity index (χ1v) is 11.2. The third-order valence-electron chi connectivity index (χ3n) is 5.16. The third-order valence-corrected chi connectivity index (χ3v) is 6.20. The number of carbonyl (C=O) groups is 3. The minimum Gasteiger partial charge on any atom is -0.352 e. The van der Waals surface area contributed by atoms with E-state index in [0.29, 0.717) is 16.7 Å². The standard InChI is InChI=1S/C22H34N2O3S/c1-15-11-16(2)13-24(12-15)14-17(3)23-22(27)10-7-19(25)6-8-20(26)21-9-5-18(4)28-21/h5,9,15-17H,6-8,10-14H2,1-4H3,(H,23,27). The van der Waals surface area contributed by atoms with E-state index in [-0.39, 0.29) is 49.2 Å². The number of thiophene rings is 1. The molecule has 0 bridgehead atoms. The van der Waals surface area contributed by atoms with Crippen LogP contribution in [-0.2, 0) is 9.59 Å². The van der Waals surface area contributed by atoms with E-state index < -0.39 is 0 Å². The predicted octanol–water partition coefficient (Wildman–Crippen LogP) is 3.85. The summed E-state index contributed by atoms with van der Waals surface area (Å²) in [7, 11) is 0. The highest BCUT2D eigenvalue weighted by Gasteiger charge is 2.23. The van der Waals surface area contributed by atoms with Crippen LogP contribution in [0.1, 0.15) is 67.4 Å². The number of rotatable bonds is 10. The zero-order valence-corrected chi connectivity index (χ0v) is 18.4. The first kappa shape index (κ1) is 22.8. The van der Waals surface area contributed by atoms with Crippen LogP contribution in [0.15, 0.2) is 12.1 Å². The molecule has 28 heavy (non-hydrogen) atoms. The Hall–Kier alpha value is -1.53. The van der Waals surface area contributed by atoms with E-state index in [0.717, 1.165) is 24.5 Å². The predicted molar refractivity (Wildman–Crippen MR) is 114 cm³/mol. The number of nitrogens with zero attached hydrogens (tertiary/aromatic N) is 1. The Morgan fingerprint density at radius 2 is 1.75 bits per heavy atom. The van der Waals surface area contributed by atoms with Gasteiger partial charge in [-0.1, -0.05) is 13.8 Å². The van der Waals surface area contributed by atoms with Crippen LogP contribution in [0.25, 0.3) is 0 Å². The molecule has 1 fully saturated rings. The number of nitrogens with one attached hydrogen (secondary N) is 1. The third kappa shape index (κ3) is 7.84. The monoisotopic (exact) mass is 406 g/mol. The molecule has 6 heteroatoms. The molecule has 0 saturated carbocycles. The lowest BCUT2D eigenvalue weighted by molar-refractivity contribution is -0.125. The van der Waals surface area contributed by atoms with Crippen LogP contribution >= 0.6 is 11.3 Å². The van der Waals surface area contributed by atoms with Crippen molar-refractivity contribution in [2.75, 3.05) is 19.6 Å². The van der Waals surface area contributed by atoms with Crippen molar-refractivity contribution in [3.05, 3.63) is 21.9 Å². The zero-order chi connectivity index (χ0) is 20.7. The highest BCUT2D eigenvalue weighted by atomic mass is 32.1. The molecule has 156 valence electrons. The van der Waals surface area contributed by atoms with Gasteiger partial charge in [-0.15, -0.1) is 11.3 Å². The van der Waals surface area contributed by atoms with Gasteiger partial charge in [0.1, 0.15) is 5.78 Å². The average molecular weight is 407 g/mol. The van der Waals surface area contributed by atoms with Gasteiger partial charge < -0.3 is 10.2 Å². The van der Waals surface area contributed by atoms with Crippen molar-refractivity contribution in [2.24, 2.45) is 11.8 Å². The van der Waals surface area contributed by atoms with Crippen molar-refractivity contribution in [2.45, 2.75) is 65.8 Å². The number of ketones is 2. The fourth-order valence-electron chi connectivity index (χ4n) is 4.06. The van der Waals surface area contributed by atoms with Gasteiger partial charge in [0.15, 0.2) is 5.78 Å². The van der Waals surface area contributed by atoms with Gasteiger partial charge in [-0.2, -0.15) is 0 Å². The Morgan fingerprint density at radius 3 is 2.36 bits per heavy atom. The van der Waals surface area contributed by atoms with E-state index in [4.69, 9.17) is 0 Å². The molecule has 0 radical (unpaired) electrons. The first-order chi connectivity index (χ1) is 13.2. The van der Waals surface area contributed by atoms with Crippen molar-refractivity contribution in [3.63, 3.8) is 0 Å². The Kier molecular flexibility index (Phi) is 8.83. The largest absolute Gasteiger partial charge is 0.352 e. The van der Waals surface area contributed by atoms with E-state index in [1.54, 1.807) is 0 Å². The van der Waals surface area contributed by atoms with Crippen LogP contribution in [0.2, 0.25) is 0 Å².